The summed E-state index contributed by atoms with van der Waals surface area (Å²) in [7, 11) is 8.12. The number of esters is 2. The van der Waals surface area contributed by atoms with Gasteiger partial charge in [-0.2, -0.15) is 0 Å². The van der Waals surface area contributed by atoms with E-state index in [4.69, 9.17) is 80.5 Å². The summed E-state index contributed by atoms with van der Waals surface area (Å²) >= 11 is 0. The molecule has 10 rings (SSSR count). The Balaban J connectivity index is 0.716. The van der Waals surface area contributed by atoms with Gasteiger partial charge in [-0.25, -0.2) is 4.79 Å². The number of Topliss-reactive ketones (excluding diaryl/α,β-unsaturated/α-hetero) is 1. The van der Waals surface area contributed by atoms with Crippen LogP contribution in [-0.2, 0) is 90.1 Å². The average molecular weight is 1250 g/mol. The Morgan fingerprint density at radius 2 is 0.932 bits per heavy atom. The molecular formula is C65H98O23. The molecule has 0 unspecified atom stereocenters. The Kier molecular flexibility index (Phi) is 20.8. The highest BCUT2D eigenvalue weighted by atomic mass is 16.8. The average Bonchev–Trinajstić information content (AvgIpc) is 1.35. The molecule has 0 bridgehead atoms. The summed E-state index contributed by atoms with van der Waals surface area (Å²) in [6.07, 6.45) is -6.15. The van der Waals surface area contributed by atoms with Crippen LogP contribution in [0.25, 0.3) is 0 Å². The Morgan fingerprint density at radius 1 is 0.523 bits per heavy atom. The second-order valence-corrected chi connectivity index (χ2v) is 26.7. The highest BCUT2D eigenvalue weighted by Gasteiger charge is 2.81. The van der Waals surface area contributed by atoms with Gasteiger partial charge >= 0.3 is 11.9 Å². The van der Waals surface area contributed by atoms with Crippen molar-refractivity contribution in [2.75, 3.05) is 35.5 Å². The monoisotopic (exact) mass is 1250 g/mol. The van der Waals surface area contributed by atoms with Gasteiger partial charge < -0.3 is 95.8 Å². The van der Waals surface area contributed by atoms with Crippen LogP contribution in [0, 0.1) is 16.7 Å². The molecule has 88 heavy (non-hydrogen) atoms. The smallest absolute Gasteiger partial charge is 0.338 e. The van der Waals surface area contributed by atoms with E-state index in [0.29, 0.717) is 56.9 Å². The van der Waals surface area contributed by atoms with Gasteiger partial charge in [0, 0.05) is 80.5 Å². The van der Waals surface area contributed by atoms with E-state index in [1.165, 1.54) is 13.8 Å². The molecule has 3 saturated carbocycles. The van der Waals surface area contributed by atoms with E-state index in [0.717, 1.165) is 5.57 Å². The molecule has 23 heteroatoms. The van der Waals surface area contributed by atoms with E-state index in [1.54, 1.807) is 72.8 Å². The summed E-state index contributed by atoms with van der Waals surface area (Å²) < 4.78 is 107. The zero-order valence-electron chi connectivity index (χ0n) is 53.7. The van der Waals surface area contributed by atoms with Crippen LogP contribution in [0.4, 0.5) is 0 Å². The van der Waals surface area contributed by atoms with Crippen molar-refractivity contribution in [1.82, 2.24) is 0 Å². The maximum Gasteiger partial charge on any atom is 0.338 e. The molecular weight excluding hydrogens is 1150 g/mol. The lowest BCUT2D eigenvalue weighted by Crippen LogP contribution is -2.78. The molecule has 23 nitrogen and oxygen atoms in total. The lowest BCUT2D eigenvalue weighted by Gasteiger charge is -2.67. The summed E-state index contributed by atoms with van der Waals surface area (Å²) in [5.41, 5.74) is -6.75. The molecule has 3 N–H and O–H groups in total. The third-order valence-corrected chi connectivity index (χ3v) is 21.9. The zero-order valence-corrected chi connectivity index (χ0v) is 53.7. The molecule has 0 spiro atoms. The van der Waals surface area contributed by atoms with Gasteiger partial charge in [-0.3, -0.25) is 9.59 Å². The fourth-order valence-corrected chi connectivity index (χ4v) is 16.9. The summed E-state index contributed by atoms with van der Waals surface area (Å²) in [5, 5.41) is 38.2. The second-order valence-electron chi connectivity index (χ2n) is 26.7. The number of rotatable bonds is 19. The van der Waals surface area contributed by atoms with E-state index in [1.807, 2.05) is 40.7 Å². The standard InChI is InChI=1S/C65H98O23/c1-33-55(82-39(7)67)43(72-10)28-51(78-33)85-57-35(3)80-53(30-45(57)74-12)87-59-37(5)81-54(31-47(59)76-14)88-58-36(4)79-52(29-46(58)75-13)86-56-34(2)77-50(27-44(56)73-11)83-42-21-22-61(8)41(26-42)20-23-64(70)48(61)32-49(84-60(68)40-18-16-15-17-19-40)62(9)63(69,38(6)66)24-25-65(62,64)71/h15-20,33-37,42-59,69-71H,21-32H2,1-14H3/t33-,34-,35-,36-,37-,42+,43+,44+,45-,46+,47-,48-,49-,50+,51+,52+,53+,54+,55-,56-,57-,58-,59-,61+,62-,63-,64+,65-/m1/s1. The molecule has 9 aliphatic rings. The quantitative estimate of drug-likeness (QED) is 0.107. The van der Waals surface area contributed by atoms with Crippen molar-refractivity contribution in [3.8, 4) is 0 Å². The molecule has 496 valence electrons. The first-order valence-electron chi connectivity index (χ1n) is 31.8. The minimum absolute atomic E-state index is 0.0515. The summed E-state index contributed by atoms with van der Waals surface area (Å²) in [5.74, 6) is -2.18. The van der Waals surface area contributed by atoms with Crippen molar-refractivity contribution in [1.29, 1.82) is 0 Å². The number of hydrogen-bond acceptors (Lipinski definition) is 23. The lowest BCUT2D eigenvalue weighted by molar-refractivity contribution is -0.352. The minimum Gasteiger partial charge on any atom is -0.458 e. The highest BCUT2D eigenvalue weighted by Crippen LogP contribution is 2.71. The van der Waals surface area contributed by atoms with Crippen LogP contribution < -0.4 is 0 Å². The summed E-state index contributed by atoms with van der Waals surface area (Å²) in [4.78, 5) is 38.9. The predicted molar refractivity (Wildman–Crippen MR) is 310 cm³/mol. The maximum absolute atomic E-state index is 13.8. The number of methoxy groups -OCH3 is 5. The highest BCUT2D eigenvalue weighted by molar-refractivity contribution is 5.90. The van der Waals surface area contributed by atoms with Gasteiger partial charge in [-0.1, -0.05) is 36.8 Å². The number of benzene rings is 1. The van der Waals surface area contributed by atoms with E-state index in [-0.39, 0.29) is 31.8 Å². The molecule has 0 amide bonds. The Labute approximate surface area is 517 Å². The minimum atomic E-state index is -2.05. The van der Waals surface area contributed by atoms with Crippen molar-refractivity contribution in [3.63, 3.8) is 0 Å². The third-order valence-electron chi connectivity index (χ3n) is 21.9. The molecule has 28 atom stereocenters. The molecule has 0 radical (unpaired) electrons. The van der Waals surface area contributed by atoms with Crippen LogP contribution in [0.3, 0.4) is 0 Å². The van der Waals surface area contributed by atoms with Gasteiger partial charge in [0.15, 0.2) is 43.3 Å². The van der Waals surface area contributed by atoms with Crippen molar-refractivity contribution in [2.45, 2.75) is 291 Å². The molecule has 1 aromatic carbocycles. The van der Waals surface area contributed by atoms with E-state index in [9.17, 15) is 29.7 Å². The SMILES string of the molecule is CO[C@H]1C[C@H](O[C@@H]2[C@@H](C)O[C@@H](O[C@@H]3[C@@H](C)O[C@@H](O[C@H]4[C@@H](OC)C[C@H](O[C@H]5[C@@H](OC)C[C@H](O[C@H]6CC[C@@]7(C)C(=CC[C@]8(O)[C@@H]7C[C@@H](OC(=O)c7ccccc7)[C@@]7(C)[C@]8(O)CC[C@@]7(O)C(C)=O)C6)O[C@@H]5C)O[C@@H]4C)C[C@H]3OC)C[C@H]2OC)O[C@H](C)[C@H]1OC(C)=O. The van der Waals surface area contributed by atoms with Crippen LogP contribution in [0.5, 0.6) is 0 Å². The summed E-state index contributed by atoms with van der Waals surface area (Å²) in [6.45, 7) is 15.8. The zero-order chi connectivity index (χ0) is 63.4. The van der Waals surface area contributed by atoms with Crippen LogP contribution in [0.15, 0.2) is 42.0 Å². The maximum atomic E-state index is 13.8. The molecule has 5 heterocycles. The normalized spacial score (nSPS) is 47.8. The van der Waals surface area contributed by atoms with Gasteiger partial charge in [0.05, 0.1) is 72.0 Å². The molecule has 0 aromatic heterocycles. The number of hydrogen-bond donors (Lipinski definition) is 3. The third kappa shape index (κ3) is 12.5. The predicted octanol–water partition coefficient (Wildman–Crippen LogP) is 5.94. The number of aliphatic hydroxyl groups is 3. The van der Waals surface area contributed by atoms with Gasteiger partial charge in [0.1, 0.15) is 53.4 Å². The number of ether oxygens (including phenoxy) is 17. The van der Waals surface area contributed by atoms with Gasteiger partial charge in [-0.15, -0.1) is 0 Å². The Morgan fingerprint density at radius 3 is 1.34 bits per heavy atom. The number of carbonyl (C=O) groups is 3. The Bertz CT molecular complexity index is 2590. The first-order chi connectivity index (χ1) is 41.8. The van der Waals surface area contributed by atoms with Crippen molar-refractivity contribution < 1.29 is 110 Å². The molecule has 8 fully saturated rings. The first-order valence-corrected chi connectivity index (χ1v) is 31.8. The van der Waals surface area contributed by atoms with Crippen LogP contribution >= 0.6 is 0 Å². The van der Waals surface area contributed by atoms with Gasteiger partial charge in [-0.05, 0) is 111 Å². The van der Waals surface area contributed by atoms with E-state index in [2.05, 4.69) is 6.92 Å². The number of ketones is 1. The largest absolute Gasteiger partial charge is 0.458 e. The van der Waals surface area contributed by atoms with Crippen molar-refractivity contribution in [2.24, 2.45) is 16.7 Å². The van der Waals surface area contributed by atoms with Crippen molar-refractivity contribution in [3.05, 3.63) is 47.5 Å². The number of carbonyl (C=O) groups excluding carboxylic acids is 3. The summed E-state index contributed by atoms with van der Waals surface area (Å²) in [6, 6.07) is 8.52. The number of fused-ring (bicyclic) bond motifs is 5. The van der Waals surface area contributed by atoms with Crippen molar-refractivity contribution >= 4 is 17.7 Å². The molecule has 4 aliphatic carbocycles. The fourth-order valence-electron chi connectivity index (χ4n) is 16.9. The van der Waals surface area contributed by atoms with Crippen LogP contribution in [0.2, 0.25) is 0 Å². The second kappa shape index (κ2) is 27.1. The van der Waals surface area contributed by atoms with Gasteiger partial charge in [0.2, 0.25) is 0 Å². The molecule has 5 aliphatic heterocycles. The lowest BCUT2D eigenvalue weighted by atomic mass is 9.42. The van der Waals surface area contributed by atoms with Gasteiger partial charge in [0.25, 0.3) is 0 Å². The van der Waals surface area contributed by atoms with Crippen LogP contribution in [0.1, 0.15) is 150 Å². The fraction of sp³-hybridized carbons (Fsp3) is 0.831. The Hall–Kier alpha value is -3.15. The molecule has 1 aromatic rings. The van der Waals surface area contributed by atoms with E-state index >= 15 is 0 Å². The molecule has 5 saturated heterocycles. The van der Waals surface area contributed by atoms with E-state index < -0.39 is 180 Å². The van der Waals surface area contributed by atoms with Crippen LogP contribution in [-0.4, -0.2) is 221 Å². The topological polar surface area (TPSA) is 269 Å². The first kappa shape index (κ1) is 67.7.